The molecule has 1 saturated heterocycles. The van der Waals surface area contributed by atoms with Gasteiger partial charge in [0.15, 0.2) is 0 Å². The molecule has 1 aliphatic heterocycles. The van der Waals surface area contributed by atoms with Crippen molar-refractivity contribution in [1.82, 2.24) is 19.8 Å². The molecule has 2 aromatic heterocycles. The number of fused-ring (bicyclic) bond motifs is 2. The van der Waals surface area contributed by atoms with Crippen LogP contribution in [-0.2, 0) is 22.4 Å². The van der Waals surface area contributed by atoms with E-state index in [0.717, 1.165) is 34.0 Å². The zero-order valence-electron chi connectivity index (χ0n) is 22.2. The maximum absolute atomic E-state index is 13.0. The van der Waals surface area contributed by atoms with Crippen LogP contribution >= 0.6 is 0 Å². The molecule has 2 fully saturated rings. The van der Waals surface area contributed by atoms with Crippen LogP contribution in [0.2, 0.25) is 0 Å². The van der Waals surface area contributed by atoms with Gasteiger partial charge in [-0.3, -0.25) is 14.5 Å². The lowest BCUT2D eigenvalue weighted by Gasteiger charge is -2.42. The standard InChI is InChI=1S/C21H29N3O.C10H9NO2/c1-23(19-10-4-5-11-20(19)24-12-6-7-13-24)21(25)14-16-15-22-18-9-3-2-8-17(16)18;12-10(13)5-7-6-11-9-4-2-1-3-8(7)9/h2-3,8-9,15,19-20,22H,4-7,10-14H2,1H3;1-4,6,11H,5H2,(H,12,13)/t19-,20-;/m1./s1. The van der Waals surface area contributed by atoms with E-state index in [1.54, 1.807) is 6.20 Å². The van der Waals surface area contributed by atoms with E-state index < -0.39 is 5.97 Å². The van der Waals surface area contributed by atoms with Crippen molar-refractivity contribution in [3.05, 3.63) is 72.1 Å². The third-order valence-corrected chi connectivity index (χ3v) is 8.23. The van der Waals surface area contributed by atoms with Gasteiger partial charge in [-0.2, -0.15) is 0 Å². The Morgan fingerprint density at radius 3 is 2.00 bits per heavy atom. The second-order valence-electron chi connectivity index (χ2n) is 10.6. The third-order valence-electron chi connectivity index (χ3n) is 8.23. The molecular weight excluding hydrogens is 476 g/mol. The minimum atomic E-state index is -0.801. The van der Waals surface area contributed by atoms with E-state index in [2.05, 4.69) is 31.9 Å². The largest absolute Gasteiger partial charge is 0.481 e. The average molecular weight is 515 g/mol. The highest BCUT2D eigenvalue weighted by atomic mass is 16.4. The van der Waals surface area contributed by atoms with Gasteiger partial charge in [0.25, 0.3) is 0 Å². The topological polar surface area (TPSA) is 92.4 Å². The lowest BCUT2D eigenvalue weighted by atomic mass is 9.88. The maximum Gasteiger partial charge on any atom is 0.307 e. The van der Waals surface area contributed by atoms with Crippen LogP contribution in [0.25, 0.3) is 21.8 Å². The molecule has 2 aromatic carbocycles. The summed E-state index contributed by atoms with van der Waals surface area (Å²) < 4.78 is 0. The van der Waals surface area contributed by atoms with Gasteiger partial charge in [0.1, 0.15) is 0 Å². The summed E-state index contributed by atoms with van der Waals surface area (Å²) in [6, 6.07) is 16.9. The number of carbonyl (C=O) groups is 2. The van der Waals surface area contributed by atoms with E-state index in [0.29, 0.717) is 18.5 Å². The molecule has 7 heteroatoms. The summed E-state index contributed by atoms with van der Waals surface area (Å²) in [5.74, 6) is -0.550. The van der Waals surface area contributed by atoms with Crippen LogP contribution in [0.15, 0.2) is 60.9 Å². The van der Waals surface area contributed by atoms with E-state index in [4.69, 9.17) is 5.11 Å². The number of hydrogen-bond acceptors (Lipinski definition) is 3. The van der Waals surface area contributed by atoms with Crippen LogP contribution in [0.3, 0.4) is 0 Å². The highest BCUT2D eigenvalue weighted by molar-refractivity contribution is 5.89. The predicted molar refractivity (Wildman–Crippen MR) is 151 cm³/mol. The lowest BCUT2D eigenvalue weighted by Crippen LogP contribution is -2.53. The number of para-hydroxylation sites is 2. The van der Waals surface area contributed by atoms with Crippen molar-refractivity contribution in [2.75, 3.05) is 20.1 Å². The van der Waals surface area contributed by atoms with Crippen molar-refractivity contribution < 1.29 is 14.7 Å². The Morgan fingerprint density at radius 1 is 0.842 bits per heavy atom. The van der Waals surface area contributed by atoms with E-state index in [9.17, 15) is 9.59 Å². The Labute approximate surface area is 223 Å². The Kier molecular flexibility index (Phi) is 8.13. The minimum Gasteiger partial charge on any atom is -0.481 e. The van der Waals surface area contributed by atoms with Gasteiger partial charge in [-0.25, -0.2) is 0 Å². The number of rotatable bonds is 6. The molecule has 38 heavy (non-hydrogen) atoms. The van der Waals surface area contributed by atoms with Crippen LogP contribution in [-0.4, -0.2) is 69.0 Å². The molecule has 1 aliphatic carbocycles. The van der Waals surface area contributed by atoms with Crippen molar-refractivity contribution in [2.24, 2.45) is 0 Å². The number of hydrogen-bond donors (Lipinski definition) is 3. The fourth-order valence-electron chi connectivity index (χ4n) is 6.23. The van der Waals surface area contributed by atoms with Gasteiger partial charge in [0, 0.05) is 53.3 Å². The first-order valence-corrected chi connectivity index (χ1v) is 13.8. The van der Waals surface area contributed by atoms with Crippen LogP contribution in [0.4, 0.5) is 0 Å². The fraction of sp³-hybridized carbons (Fsp3) is 0.419. The van der Waals surface area contributed by atoms with E-state index in [1.807, 2.05) is 49.6 Å². The highest BCUT2D eigenvalue weighted by Gasteiger charge is 2.35. The third kappa shape index (κ3) is 5.78. The molecule has 7 nitrogen and oxygen atoms in total. The van der Waals surface area contributed by atoms with Gasteiger partial charge in [-0.1, -0.05) is 49.2 Å². The van der Waals surface area contributed by atoms with Crippen LogP contribution in [0.5, 0.6) is 0 Å². The molecule has 0 radical (unpaired) electrons. The Hall–Kier alpha value is -3.58. The Balaban J connectivity index is 0.000000190. The summed E-state index contributed by atoms with van der Waals surface area (Å²) >= 11 is 0. The summed E-state index contributed by atoms with van der Waals surface area (Å²) in [7, 11) is 2.02. The number of benzene rings is 2. The van der Waals surface area contributed by atoms with Crippen molar-refractivity contribution in [3.63, 3.8) is 0 Å². The van der Waals surface area contributed by atoms with Crippen molar-refractivity contribution >= 4 is 33.7 Å². The molecule has 1 saturated carbocycles. The summed E-state index contributed by atoms with van der Waals surface area (Å²) in [5, 5.41) is 10.8. The molecule has 2 atom stereocenters. The molecule has 0 spiro atoms. The molecule has 0 bridgehead atoms. The number of amides is 1. The number of likely N-dealkylation sites (N-methyl/N-ethyl adjacent to an activating group) is 1. The number of carboxylic acids is 1. The number of aromatic nitrogens is 2. The zero-order valence-corrected chi connectivity index (χ0v) is 22.2. The van der Waals surface area contributed by atoms with E-state index >= 15 is 0 Å². The number of carbonyl (C=O) groups excluding carboxylic acids is 1. The number of H-pyrrole nitrogens is 2. The molecule has 2 aliphatic rings. The molecule has 4 aromatic rings. The molecule has 1 amide bonds. The van der Waals surface area contributed by atoms with Gasteiger partial charge in [-0.15, -0.1) is 0 Å². The second kappa shape index (κ2) is 11.9. The van der Waals surface area contributed by atoms with E-state index in [-0.39, 0.29) is 12.3 Å². The fourth-order valence-corrected chi connectivity index (χ4v) is 6.23. The van der Waals surface area contributed by atoms with Gasteiger partial charge >= 0.3 is 5.97 Å². The van der Waals surface area contributed by atoms with Gasteiger partial charge in [0.05, 0.1) is 12.8 Å². The SMILES string of the molecule is CN(C(=O)Cc1c[nH]c2ccccc12)[C@@H]1CCCC[C@H]1N1CCCC1.O=C(O)Cc1c[nH]c2ccccc12. The number of likely N-dealkylation sites (tertiary alicyclic amines) is 1. The summed E-state index contributed by atoms with van der Waals surface area (Å²) in [6.45, 7) is 2.43. The summed E-state index contributed by atoms with van der Waals surface area (Å²) in [5.41, 5.74) is 4.04. The minimum absolute atomic E-state index is 0.0734. The Bertz CT molecular complexity index is 1380. The number of nitrogens with one attached hydrogen (secondary N) is 2. The monoisotopic (exact) mass is 514 g/mol. The summed E-state index contributed by atoms with van der Waals surface area (Å²) in [6.07, 6.45) is 11.9. The number of aromatic amines is 2. The van der Waals surface area contributed by atoms with E-state index in [1.165, 1.54) is 50.6 Å². The molecule has 3 heterocycles. The molecule has 3 N–H and O–H groups in total. The number of nitrogens with zero attached hydrogens (tertiary/aromatic N) is 2. The number of carboxylic acid groups (broad SMARTS) is 1. The molecule has 0 unspecified atom stereocenters. The van der Waals surface area contributed by atoms with Crippen molar-refractivity contribution in [1.29, 1.82) is 0 Å². The van der Waals surface area contributed by atoms with Gasteiger partial charge in [-0.05, 0) is 62.0 Å². The second-order valence-corrected chi connectivity index (χ2v) is 10.6. The first-order chi connectivity index (χ1) is 18.5. The zero-order chi connectivity index (χ0) is 26.5. The smallest absolute Gasteiger partial charge is 0.307 e. The lowest BCUT2D eigenvalue weighted by molar-refractivity contribution is -0.136. The highest BCUT2D eigenvalue weighted by Crippen LogP contribution is 2.30. The molecular formula is C31H38N4O3. The maximum atomic E-state index is 13.0. The molecule has 200 valence electrons. The number of aliphatic carboxylic acids is 1. The molecule has 6 rings (SSSR count). The van der Waals surface area contributed by atoms with Crippen LogP contribution in [0, 0.1) is 0 Å². The van der Waals surface area contributed by atoms with Crippen molar-refractivity contribution in [2.45, 2.75) is 63.5 Å². The predicted octanol–water partition coefficient (Wildman–Crippen LogP) is 5.37. The van der Waals surface area contributed by atoms with Crippen LogP contribution < -0.4 is 0 Å². The summed E-state index contributed by atoms with van der Waals surface area (Å²) in [4.78, 5) is 34.5. The first kappa shape index (κ1) is 26.0. The van der Waals surface area contributed by atoms with Gasteiger partial charge in [0.2, 0.25) is 5.91 Å². The van der Waals surface area contributed by atoms with Crippen molar-refractivity contribution in [3.8, 4) is 0 Å². The Morgan fingerprint density at radius 2 is 1.39 bits per heavy atom. The normalized spacial score (nSPS) is 19.8. The quantitative estimate of drug-likeness (QED) is 0.323. The van der Waals surface area contributed by atoms with Crippen LogP contribution in [0.1, 0.15) is 49.7 Å². The van der Waals surface area contributed by atoms with Gasteiger partial charge < -0.3 is 20.0 Å². The first-order valence-electron chi connectivity index (χ1n) is 13.8. The average Bonchev–Trinajstić information content (AvgIpc) is 3.70.